The Balaban J connectivity index is 1.94. The number of hydrogen-bond acceptors (Lipinski definition) is 3. The topological polar surface area (TPSA) is 54.9 Å². The van der Waals surface area contributed by atoms with E-state index in [0.717, 1.165) is 6.42 Å². The van der Waals surface area contributed by atoms with Crippen LogP contribution in [0.25, 0.3) is 0 Å². The van der Waals surface area contributed by atoms with Crippen LogP contribution >= 0.6 is 0 Å². The molecular formula is C20H25F2N3O2. The van der Waals surface area contributed by atoms with Crippen LogP contribution in [0.1, 0.15) is 16.7 Å². The van der Waals surface area contributed by atoms with Gasteiger partial charge in [-0.2, -0.15) is 8.78 Å². The van der Waals surface area contributed by atoms with E-state index in [4.69, 9.17) is 4.74 Å². The molecule has 0 heterocycles. The van der Waals surface area contributed by atoms with Gasteiger partial charge in [0.1, 0.15) is 11.5 Å². The van der Waals surface area contributed by atoms with Gasteiger partial charge >= 0.3 is 6.61 Å². The zero-order valence-corrected chi connectivity index (χ0v) is 15.8. The van der Waals surface area contributed by atoms with Crippen LogP contribution in [0.4, 0.5) is 8.78 Å². The molecule has 0 aliphatic rings. The zero-order valence-electron chi connectivity index (χ0n) is 15.8. The number of nitrogens with zero attached hydrogens (tertiary/aromatic N) is 1. The minimum Gasteiger partial charge on any atom is -0.497 e. The fourth-order valence-corrected chi connectivity index (χ4v) is 2.64. The molecule has 7 heteroatoms. The van der Waals surface area contributed by atoms with Crippen LogP contribution in [0.2, 0.25) is 0 Å². The number of hydrogen-bond donors (Lipinski definition) is 2. The standard InChI is InChI=1S/C20H25F2N3O2/c1-14-6-4-5-7-15(14)10-11-24-20(23-2)25-13-16-12-17(26-3)8-9-18(16)27-19(21)22/h4-9,12,19H,10-11,13H2,1-3H3,(H2,23,24,25). The Labute approximate surface area is 158 Å². The van der Waals surface area contributed by atoms with Crippen molar-refractivity contribution in [3.63, 3.8) is 0 Å². The van der Waals surface area contributed by atoms with Gasteiger partial charge in [-0.1, -0.05) is 24.3 Å². The summed E-state index contributed by atoms with van der Waals surface area (Å²) in [6, 6.07) is 12.9. The van der Waals surface area contributed by atoms with Gasteiger partial charge in [-0.15, -0.1) is 0 Å². The fraction of sp³-hybridized carbons (Fsp3) is 0.350. The monoisotopic (exact) mass is 377 g/mol. The molecule has 0 unspecified atom stereocenters. The Morgan fingerprint density at radius 3 is 2.56 bits per heavy atom. The molecule has 0 atom stereocenters. The summed E-state index contributed by atoms with van der Waals surface area (Å²) >= 11 is 0. The van der Waals surface area contributed by atoms with Crippen LogP contribution in [0, 0.1) is 6.92 Å². The highest BCUT2D eigenvalue weighted by atomic mass is 19.3. The smallest absolute Gasteiger partial charge is 0.387 e. The van der Waals surface area contributed by atoms with Crippen molar-refractivity contribution in [3.8, 4) is 11.5 Å². The first kappa shape index (κ1) is 20.5. The number of alkyl halides is 2. The summed E-state index contributed by atoms with van der Waals surface area (Å²) in [6.07, 6.45) is 0.853. The lowest BCUT2D eigenvalue weighted by atomic mass is 10.1. The highest BCUT2D eigenvalue weighted by Crippen LogP contribution is 2.25. The van der Waals surface area contributed by atoms with E-state index in [2.05, 4.69) is 39.4 Å². The lowest BCUT2D eigenvalue weighted by Gasteiger charge is -2.15. The number of halogens is 2. The second kappa shape index (κ2) is 10.4. The van der Waals surface area contributed by atoms with Crippen molar-refractivity contribution in [1.82, 2.24) is 10.6 Å². The van der Waals surface area contributed by atoms with E-state index in [1.807, 2.05) is 12.1 Å². The van der Waals surface area contributed by atoms with Crippen molar-refractivity contribution in [2.75, 3.05) is 20.7 Å². The van der Waals surface area contributed by atoms with E-state index < -0.39 is 6.61 Å². The first-order valence-electron chi connectivity index (χ1n) is 8.64. The molecule has 0 aromatic heterocycles. The predicted molar refractivity (Wildman–Crippen MR) is 103 cm³/mol. The number of aryl methyl sites for hydroxylation is 1. The van der Waals surface area contributed by atoms with E-state index in [9.17, 15) is 8.78 Å². The van der Waals surface area contributed by atoms with Gasteiger partial charge in [0, 0.05) is 25.7 Å². The van der Waals surface area contributed by atoms with Gasteiger partial charge in [-0.3, -0.25) is 4.99 Å². The van der Waals surface area contributed by atoms with Crippen molar-refractivity contribution in [3.05, 3.63) is 59.2 Å². The Hall–Kier alpha value is -2.83. The van der Waals surface area contributed by atoms with Gasteiger partial charge in [-0.05, 0) is 42.7 Å². The Morgan fingerprint density at radius 2 is 1.89 bits per heavy atom. The van der Waals surface area contributed by atoms with Gasteiger partial charge in [-0.25, -0.2) is 0 Å². The minimum atomic E-state index is -2.89. The molecule has 0 bridgehead atoms. The number of aliphatic imine (C=N–C) groups is 1. The summed E-state index contributed by atoms with van der Waals surface area (Å²) in [4.78, 5) is 4.16. The molecule has 146 valence electrons. The summed E-state index contributed by atoms with van der Waals surface area (Å²) in [7, 11) is 3.18. The van der Waals surface area contributed by atoms with Crippen molar-refractivity contribution in [2.45, 2.75) is 26.5 Å². The van der Waals surface area contributed by atoms with Gasteiger partial charge in [0.05, 0.1) is 7.11 Å². The second-order valence-corrected chi connectivity index (χ2v) is 5.88. The lowest BCUT2D eigenvalue weighted by molar-refractivity contribution is -0.0504. The molecule has 0 aliphatic carbocycles. The molecule has 0 amide bonds. The van der Waals surface area contributed by atoms with Gasteiger partial charge in [0.2, 0.25) is 0 Å². The number of benzene rings is 2. The second-order valence-electron chi connectivity index (χ2n) is 5.88. The van der Waals surface area contributed by atoms with Crippen molar-refractivity contribution < 1.29 is 18.3 Å². The van der Waals surface area contributed by atoms with E-state index >= 15 is 0 Å². The van der Waals surface area contributed by atoms with E-state index in [-0.39, 0.29) is 12.3 Å². The van der Waals surface area contributed by atoms with Crippen LogP contribution in [0.5, 0.6) is 11.5 Å². The molecule has 0 spiro atoms. The molecule has 2 aromatic rings. The quantitative estimate of drug-likeness (QED) is 0.546. The number of rotatable bonds is 8. The Kier molecular flexibility index (Phi) is 7.85. The van der Waals surface area contributed by atoms with Gasteiger partial charge in [0.15, 0.2) is 5.96 Å². The average Bonchev–Trinajstić information content (AvgIpc) is 2.66. The third kappa shape index (κ3) is 6.44. The Bertz CT molecular complexity index is 767. The summed E-state index contributed by atoms with van der Waals surface area (Å²) in [6.45, 7) is 0.158. The van der Waals surface area contributed by atoms with Gasteiger partial charge in [0.25, 0.3) is 0 Å². The van der Waals surface area contributed by atoms with E-state index in [0.29, 0.717) is 23.8 Å². The maximum absolute atomic E-state index is 12.6. The van der Waals surface area contributed by atoms with Crippen molar-refractivity contribution in [1.29, 1.82) is 0 Å². The molecule has 0 saturated carbocycles. The molecule has 0 radical (unpaired) electrons. The summed E-state index contributed by atoms with van der Waals surface area (Å²) in [5.41, 5.74) is 3.06. The molecular weight excluding hydrogens is 352 g/mol. The predicted octanol–water partition coefficient (Wildman–Crippen LogP) is 3.51. The molecule has 2 aromatic carbocycles. The van der Waals surface area contributed by atoms with E-state index in [1.54, 1.807) is 19.2 Å². The number of methoxy groups -OCH3 is 1. The summed E-state index contributed by atoms with van der Waals surface area (Å²) in [5, 5.41) is 6.33. The Morgan fingerprint density at radius 1 is 1.11 bits per heavy atom. The van der Waals surface area contributed by atoms with Crippen molar-refractivity contribution >= 4 is 5.96 Å². The summed E-state index contributed by atoms with van der Waals surface area (Å²) < 4.78 is 34.9. The van der Waals surface area contributed by atoms with E-state index in [1.165, 1.54) is 24.3 Å². The third-order valence-electron chi connectivity index (χ3n) is 4.10. The molecule has 2 N–H and O–H groups in total. The number of ether oxygens (including phenoxy) is 2. The maximum atomic E-state index is 12.6. The highest BCUT2D eigenvalue weighted by molar-refractivity contribution is 5.79. The van der Waals surface area contributed by atoms with Crippen LogP contribution in [0.15, 0.2) is 47.5 Å². The largest absolute Gasteiger partial charge is 0.497 e. The SMILES string of the molecule is CN=C(NCCc1ccccc1C)NCc1cc(OC)ccc1OC(F)F. The molecule has 0 aliphatic heterocycles. The molecule has 27 heavy (non-hydrogen) atoms. The summed E-state index contributed by atoms with van der Waals surface area (Å²) in [5.74, 6) is 1.25. The highest BCUT2D eigenvalue weighted by Gasteiger charge is 2.11. The molecule has 5 nitrogen and oxygen atoms in total. The normalized spacial score (nSPS) is 11.4. The van der Waals surface area contributed by atoms with Crippen LogP contribution in [-0.2, 0) is 13.0 Å². The third-order valence-corrected chi connectivity index (χ3v) is 4.10. The van der Waals surface area contributed by atoms with Crippen LogP contribution < -0.4 is 20.1 Å². The lowest BCUT2D eigenvalue weighted by Crippen LogP contribution is -2.38. The average molecular weight is 377 g/mol. The maximum Gasteiger partial charge on any atom is 0.387 e. The molecule has 0 saturated heterocycles. The number of guanidine groups is 1. The first-order valence-corrected chi connectivity index (χ1v) is 8.64. The van der Waals surface area contributed by atoms with Crippen LogP contribution in [-0.4, -0.2) is 33.3 Å². The first-order chi connectivity index (χ1) is 13.0. The molecule has 2 rings (SSSR count). The van der Waals surface area contributed by atoms with Crippen LogP contribution in [0.3, 0.4) is 0 Å². The van der Waals surface area contributed by atoms with Gasteiger partial charge < -0.3 is 20.1 Å². The number of nitrogens with one attached hydrogen (secondary N) is 2. The minimum absolute atomic E-state index is 0.105. The zero-order chi connectivity index (χ0) is 19.6. The van der Waals surface area contributed by atoms with Crippen molar-refractivity contribution in [2.24, 2.45) is 4.99 Å². The fourth-order valence-electron chi connectivity index (χ4n) is 2.64. The molecule has 0 fully saturated rings.